The predicted molar refractivity (Wildman–Crippen MR) is 63.7 cm³/mol. The molecule has 2 aromatic heterocycles. The molecule has 0 atom stereocenters. The van der Waals surface area contributed by atoms with Gasteiger partial charge in [-0.15, -0.1) is 0 Å². The van der Waals surface area contributed by atoms with Crippen molar-refractivity contribution in [3.8, 4) is 0 Å². The lowest BCUT2D eigenvalue weighted by Crippen LogP contribution is -2.31. The Balaban J connectivity index is 2.68. The molecule has 0 aromatic carbocycles. The van der Waals surface area contributed by atoms with Crippen LogP contribution >= 0.6 is 0 Å². The van der Waals surface area contributed by atoms with Crippen molar-refractivity contribution in [2.24, 2.45) is 0 Å². The maximum absolute atomic E-state index is 9.21. The summed E-state index contributed by atoms with van der Waals surface area (Å²) < 4.78 is 0. The summed E-state index contributed by atoms with van der Waals surface area (Å²) >= 11 is 0. The molecule has 0 aliphatic carbocycles. The number of hydrogen-bond acceptors (Lipinski definition) is 5. The summed E-state index contributed by atoms with van der Waals surface area (Å²) in [4.78, 5) is 10.2. The zero-order valence-electron chi connectivity index (χ0n) is 9.12. The molecule has 5 nitrogen and oxygen atoms in total. The molecule has 6 heteroatoms. The van der Waals surface area contributed by atoms with Crippen LogP contribution in [-0.2, 0) is 0 Å². The van der Waals surface area contributed by atoms with Crippen LogP contribution in [0.5, 0.6) is 0 Å². The van der Waals surface area contributed by atoms with E-state index in [4.69, 9.17) is 0 Å². The summed E-state index contributed by atoms with van der Waals surface area (Å²) in [6.45, 7) is 0. The van der Waals surface area contributed by atoms with E-state index in [2.05, 4.69) is 9.97 Å². The first-order chi connectivity index (χ1) is 7.59. The number of nitrogens with zero attached hydrogens (tertiary/aromatic N) is 3. The third-order valence-corrected chi connectivity index (χ3v) is 2.35. The second-order valence-corrected chi connectivity index (χ2v) is 3.74. The van der Waals surface area contributed by atoms with Gasteiger partial charge in [0.15, 0.2) is 0 Å². The number of anilines is 1. The fourth-order valence-corrected chi connectivity index (χ4v) is 1.49. The molecule has 0 bridgehead atoms. The van der Waals surface area contributed by atoms with Crippen LogP contribution in [0.3, 0.4) is 0 Å². The molecule has 0 aliphatic rings. The molecular weight excluding hydrogens is 205 g/mol. The van der Waals surface area contributed by atoms with Gasteiger partial charge in [-0.2, -0.15) is 0 Å². The minimum Gasteiger partial charge on any atom is -0.423 e. The molecule has 0 unspecified atom stereocenters. The van der Waals surface area contributed by atoms with E-state index in [-0.39, 0.29) is 0 Å². The molecule has 0 radical (unpaired) electrons. The molecule has 2 rings (SSSR count). The molecule has 82 valence electrons. The third kappa shape index (κ3) is 1.85. The summed E-state index contributed by atoms with van der Waals surface area (Å²) in [5.41, 5.74) is 0.886. The van der Waals surface area contributed by atoms with Gasteiger partial charge >= 0.3 is 7.12 Å². The Kier molecular flexibility index (Phi) is 2.76. The van der Waals surface area contributed by atoms with E-state index >= 15 is 0 Å². The monoisotopic (exact) mass is 217 g/mol. The smallest absolute Gasteiger partial charge is 0.423 e. The second kappa shape index (κ2) is 4.07. The van der Waals surface area contributed by atoms with Gasteiger partial charge in [0.2, 0.25) is 0 Å². The zero-order valence-corrected chi connectivity index (χ0v) is 9.12. The summed E-state index contributed by atoms with van der Waals surface area (Å²) in [6, 6.07) is 3.72. The van der Waals surface area contributed by atoms with E-state index in [0.717, 1.165) is 11.2 Å². The van der Waals surface area contributed by atoms with Crippen LogP contribution in [0.4, 0.5) is 5.82 Å². The Bertz CT molecular complexity index is 516. The van der Waals surface area contributed by atoms with Crippen LogP contribution in [0, 0.1) is 0 Å². The van der Waals surface area contributed by atoms with Gasteiger partial charge < -0.3 is 14.9 Å². The standard InChI is InChI=1S/C10H12BN3O2/c1-14(2)9-4-3-7-5-12-6-8(11(15)16)10(7)13-9/h3-6,15-16H,1-2H3. The first kappa shape index (κ1) is 10.8. The highest BCUT2D eigenvalue weighted by atomic mass is 16.4. The molecule has 0 saturated carbocycles. The number of rotatable bonds is 2. The average Bonchev–Trinajstić information content (AvgIpc) is 2.27. The summed E-state index contributed by atoms with van der Waals surface area (Å²) in [6.07, 6.45) is 3.06. The van der Waals surface area contributed by atoms with E-state index in [0.29, 0.717) is 11.0 Å². The molecule has 2 heterocycles. The van der Waals surface area contributed by atoms with Crippen molar-refractivity contribution in [1.29, 1.82) is 0 Å². The van der Waals surface area contributed by atoms with Gasteiger partial charge in [-0.25, -0.2) is 4.98 Å². The topological polar surface area (TPSA) is 69.5 Å². The Morgan fingerprint density at radius 3 is 2.56 bits per heavy atom. The first-order valence-electron chi connectivity index (χ1n) is 4.87. The van der Waals surface area contributed by atoms with Gasteiger partial charge in [-0.3, -0.25) is 4.98 Å². The van der Waals surface area contributed by atoms with Crippen LogP contribution in [0.2, 0.25) is 0 Å². The highest BCUT2D eigenvalue weighted by molar-refractivity contribution is 6.61. The van der Waals surface area contributed by atoms with Crippen LogP contribution in [0.15, 0.2) is 24.5 Å². The van der Waals surface area contributed by atoms with Gasteiger partial charge in [0.25, 0.3) is 0 Å². The Labute approximate surface area is 93.5 Å². The largest absolute Gasteiger partial charge is 0.492 e. The maximum atomic E-state index is 9.21. The Morgan fingerprint density at radius 1 is 1.19 bits per heavy atom. The molecule has 2 aromatic rings. The van der Waals surface area contributed by atoms with Crippen molar-refractivity contribution in [3.05, 3.63) is 24.5 Å². The van der Waals surface area contributed by atoms with Crippen LogP contribution in [0.1, 0.15) is 0 Å². The van der Waals surface area contributed by atoms with Crippen molar-refractivity contribution in [3.63, 3.8) is 0 Å². The van der Waals surface area contributed by atoms with Crippen molar-refractivity contribution in [1.82, 2.24) is 9.97 Å². The predicted octanol–water partition coefficient (Wildman–Crippen LogP) is -0.624. The third-order valence-electron chi connectivity index (χ3n) is 2.35. The van der Waals surface area contributed by atoms with Crippen molar-refractivity contribution in [2.75, 3.05) is 19.0 Å². The highest BCUT2D eigenvalue weighted by Crippen LogP contribution is 2.14. The number of hydrogen-bond donors (Lipinski definition) is 2. The van der Waals surface area contributed by atoms with E-state index in [9.17, 15) is 10.0 Å². The van der Waals surface area contributed by atoms with Crippen LogP contribution < -0.4 is 10.4 Å². The van der Waals surface area contributed by atoms with E-state index in [1.165, 1.54) is 6.20 Å². The minimum absolute atomic E-state index is 0.321. The highest BCUT2D eigenvalue weighted by Gasteiger charge is 2.16. The number of fused-ring (bicyclic) bond motifs is 1. The maximum Gasteiger partial charge on any atom is 0.492 e. The lowest BCUT2D eigenvalue weighted by Gasteiger charge is -2.12. The fraction of sp³-hybridized carbons (Fsp3) is 0.200. The second-order valence-electron chi connectivity index (χ2n) is 3.74. The van der Waals surface area contributed by atoms with Crippen molar-refractivity contribution >= 4 is 29.3 Å². The molecule has 0 amide bonds. The van der Waals surface area contributed by atoms with Gasteiger partial charge in [0.1, 0.15) is 5.82 Å². The van der Waals surface area contributed by atoms with E-state index in [1.54, 1.807) is 6.20 Å². The van der Waals surface area contributed by atoms with Crippen LogP contribution in [-0.4, -0.2) is 41.2 Å². The number of aromatic nitrogens is 2. The molecular formula is C10H12BN3O2. The average molecular weight is 217 g/mol. The van der Waals surface area contributed by atoms with Gasteiger partial charge in [0, 0.05) is 37.3 Å². The molecule has 0 saturated heterocycles. The van der Waals surface area contributed by atoms with Crippen molar-refractivity contribution < 1.29 is 10.0 Å². The normalized spacial score (nSPS) is 10.5. The van der Waals surface area contributed by atoms with Crippen LogP contribution in [0.25, 0.3) is 10.9 Å². The molecule has 0 aliphatic heterocycles. The molecule has 2 N–H and O–H groups in total. The van der Waals surface area contributed by atoms with Gasteiger partial charge in [-0.1, -0.05) is 0 Å². The lowest BCUT2D eigenvalue weighted by atomic mass is 9.80. The molecule has 0 fully saturated rings. The minimum atomic E-state index is -1.55. The Morgan fingerprint density at radius 2 is 1.94 bits per heavy atom. The first-order valence-corrected chi connectivity index (χ1v) is 4.87. The Hall–Kier alpha value is -1.66. The summed E-state index contributed by atoms with van der Waals surface area (Å²) in [7, 11) is 2.20. The van der Waals surface area contributed by atoms with E-state index in [1.807, 2.05) is 31.1 Å². The van der Waals surface area contributed by atoms with Crippen molar-refractivity contribution in [2.45, 2.75) is 0 Å². The number of pyridine rings is 2. The molecule has 16 heavy (non-hydrogen) atoms. The summed E-state index contributed by atoms with van der Waals surface area (Å²) in [5.74, 6) is 0.764. The van der Waals surface area contributed by atoms with Gasteiger partial charge in [0.05, 0.1) is 5.52 Å². The van der Waals surface area contributed by atoms with E-state index < -0.39 is 7.12 Å². The fourth-order valence-electron chi connectivity index (χ4n) is 1.49. The lowest BCUT2D eigenvalue weighted by molar-refractivity contribution is 0.426. The molecule has 0 spiro atoms. The SMILES string of the molecule is CN(C)c1ccc2cncc(B(O)O)c2n1. The quantitative estimate of drug-likeness (QED) is 0.656. The zero-order chi connectivity index (χ0) is 11.7. The van der Waals surface area contributed by atoms with Gasteiger partial charge in [-0.05, 0) is 12.1 Å². The summed E-state index contributed by atoms with van der Waals surface area (Å²) in [5, 5.41) is 19.2.